The fraction of sp³-hybridized carbons (Fsp3) is 0.615. The summed E-state index contributed by atoms with van der Waals surface area (Å²) in [6.45, 7) is 3.36. The van der Waals surface area contributed by atoms with Crippen molar-refractivity contribution in [2.45, 2.75) is 44.2 Å². The third-order valence-electron chi connectivity index (χ3n) is 3.88. The zero-order valence-electron chi connectivity index (χ0n) is 11.8. The smallest absolute Gasteiger partial charge is 0.353 e. The maximum atomic E-state index is 12.2. The van der Waals surface area contributed by atoms with Crippen LogP contribution in [0.25, 0.3) is 0 Å². The molecule has 1 fully saturated rings. The molecule has 1 aliphatic carbocycles. The molecule has 7 nitrogen and oxygen atoms in total. The van der Waals surface area contributed by atoms with Gasteiger partial charge in [-0.25, -0.2) is 9.78 Å². The number of aromatic amines is 1. The summed E-state index contributed by atoms with van der Waals surface area (Å²) in [5.74, 6) is -0.823. The van der Waals surface area contributed by atoms with Gasteiger partial charge in [-0.15, -0.1) is 0 Å². The number of aromatic carboxylic acids is 1. The molecule has 1 aromatic heterocycles. The predicted octanol–water partition coefficient (Wildman–Crippen LogP) is 1.03. The molecule has 0 saturated heterocycles. The molecule has 0 spiro atoms. The summed E-state index contributed by atoms with van der Waals surface area (Å²) in [4.78, 5) is 30.0. The van der Waals surface area contributed by atoms with E-state index in [0.717, 1.165) is 19.3 Å². The van der Waals surface area contributed by atoms with Crippen molar-refractivity contribution >= 4 is 11.9 Å². The molecule has 1 amide bonds. The number of nitrogens with one attached hydrogen (secondary N) is 2. The highest BCUT2D eigenvalue weighted by atomic mass is 16.5. The van der Waals surface area contributed by atoms with Crippen LogP contribution in [0.5, 0.6) is 0 Å². The summed E-state index contributed by atoms with van der Waals surface area (Å²) >= 11 is 0. The monoisotopic (exact) mass is 281 g/mol. The molecule has 2 rings (SSSR count). The molecule has 1 saturated carbocycles. The van der Waals surface area contributed by atoms with Crippen molar-refractivity contribution in [3.05, 3.63) is 17.7 Å². The fourth-order valence-corrected chi connectivity index (χ4v) is 2.08. The number of carboxylic acid groups (broad SMARTS) is 1. The average molecular weight is 281 g/mol. The van der Waals surface area contributed by atoms with Crippen molar-refractivity contribution in [3.63, 3.8) is 0 Å². The first-order chi connectivity index (χ1) is 9.31. The normalized spacial score (nSPS) is 17.4. The number of carbonyl (C=O) groups is 2. The molecule has 0 atom stereocenters. The minimum absolute atomic E-state index is 0.0199. The van der Waals surface area contributed by atoms with E-state index in [2.05, 4.69) is 15.3 Å². The van der Waals surface area contributed by atoms with E-state index < -0.39 is 17.1 Å². The van der Waals surface area contributed by atoms with Crippen molar-refractivity contribution in [1.29, 1.82) is 0 Å². The van der Waals surface area contributed by atoms with Gasteiger partial charge in [-0.1, -0.05) is 0 Å². The zero-order chi connectivity index (χ0) is 15.0. The highest BCUT2D eigenvalue weighted by molar-refractivity contribution is 5.86. The topological polar surface area (TPSA) is 104 Å². The quantitative estimate of drug-likeness (QED) is 0.747. The van der Waals surface area contributed by atoms with Crippen LogP contribution in [0.2, 0.25) is 0 Å². The van der Waals surface area contributed by atoms with Crippen LogP contribution in [0, 0.1) is 0 Å². The average Bonchev–Trinajstić information content (AvgIpc) is 2.83. The van der Waals surface area contributed by atoms with E-state index in [0.29, 0.717) is 5.82 Å². The molecular weight excluding hydrogens is 262 g/mol. The van der Waals surface area contributed by atoms with Crippen molar-refractivity contribution in [1.82, 2.24) is 15.3 Å². The van der Waals surface area contributed by atoms with Gasteiger partial charge in [0.25, 0.3) is 5.91 Å². The van der Waals surface area contributed by atoms with Gasteiger partial charge in [0.1, 0.15) is 17.1 Å². The first kappa shape index (κ1) is 14.5. The van der Waals surface area contributed by atoms with E-state index in [1.54, 1.807) is 13.8 Å². The van der Waals surface area contributed by atoms with Gasteiger partial charge in [-0.3, -0.25) is 4.79 Å². The van der Waals surface area contributed by atoms with Gasteiger partial charge in [0.2, 0.25) is 0 Å². The van der Waals surface area contributed by atoms with E-state index in [-0.39, 0.29) is 11.6 Å². The summed E-state index contributed by atoms with van der Waals surface area (Å²) in [6, 6.07) is 0. The van der Waals surface area contributed by atoms with Crippen molar-refractivity contribution in [3.8, 4) is 0 Å². The molecule has 110 valence electrons. The number of imidazole rings is 1. The van der Waals surface area contributed by atoms with E-state index in [1.807, 2.05) is 0 Å². The van der Waals surface area contributed by atoms with E-state index in [1.165, 1.54) is 13.3 Å². The zero-order valence-corrected chi connectivity index (χ0v) is 11.8. The number of hydrogen-bond acceptors (Lipinski definition) is 4. The Balaban J connectivity index is 2.21. The Kier molecular flexibility index (Phi) is 3.56. The summed E-state index contributed by atoms with van der Waals surface area (Å²) in [7, 11) is 1.47. The van der Waals surface area contributed by atoms with Gasteiger partial charge in [-0.05, 0) is 33.1 Å². The second-order valence-corrected chi connectivity index (χ2v) is 5.55. The van der Waals surface area contributed by atoms with Crippen LogP contribution in [-0.4, -0.2) is 39.7 Å². The van der Waals surface area contributed by atoms with Gasteiger partial charge in [0.15, 0.2) is 0 Å². The Labute approximate surface area is 116 Å². The summed E-state index contributed by atoms with van der Waals surface area (Å²) in [6.07, 6.45) is 3.68. The second-order valence-electron chi connectivity index (χ2n) is 5.55. The van der Waals surface area contributed by atoms with Crippen LogP contribution >= 0.6 is 0 Å². The van der Waals surface area contributed by atoms with Gasteiger partial charge in [0.05, 0.1) is 11.7 Å². The number of aromatic nitrogens is 2. The second kappa shape index (κ2) is 4.90. The number of rotatable bonds is 5. The van der Waals surface area contributed by atoms with Crippen LogP contribution < -0.4 is 5.32 Å². The van der Waals surface area contributed by atoms with Crippen molar-refractivity contribution in [2.75, 3.05) is 7.11 Å². The highest BCUT2D eigenvalue weighted by Crippen LogP contribution is 2.40. The standard InChI is InChI=1S/C13H19N3O4/c1-12(2,20-3)11(19)16-13(5-4-6-13)10-14-7-8(15-10)9(17)18/h7H,4-6H2,1-3H3,(H,14,15)(H,16,19)(H,17,18). The molecule has 20 heavy (non-hydrogen) atoms. The Morgan fingerprint density at radius 3 is 2.55 bits per heavy atom. The van der Waals surface area contributed by atoms with Gasteiger partial charge < -0.3 is 20.1 Å². The summed E-state index contributed by atoms with van der Waals surface area (Å²) < 4.78 is 5.16. The third kappa shape index (κ3) is 2.40. The van der Waals surface area contributed by atoms with Crippen molar-refractivity contribution < 1.29 is 19.4 Å². The van der Waals surface area contributed by atoms with Crippen LogP contribution in [0.4, 0.5) is 0 Å². The molecule has 1 aromatic rings. The lowest BCUT2D eigenvalue weighted by Gasteiger charge is -2.42. The first-order valence-corrected chi connectivity index (χ1v) is 6.47. The fourth-order valence-electron chi connectivity index (χ4n) is 2.08. The molecule has 0 aliphatic heterocycles. The van der Waals surface area contributed by atoms with E-state index in [9.17, 15) is 9.59 Å². The van der Waals surface area contributed by atoms with Crippen LogP contribution in [-0.2, 0) is 15.1 Å². The summed E-state index contributed by atoms with van der Waals surface area (Å²) in [5, 5.41) is 11.9. The number of ether oxygens (including phenoxy) is 1. The van der Waals surface area contributed by atoms with E-state index >= 15 is 0 Å². The number of nitrogens with zero attached hydrogens (tertiary/aromatic N) is 1. The third-order valence-corrected chi connectivity index (χ3v) is 3.88. The molecule has 0 radical (unpaired) electrons. The Morgan fingerprint density at radius 2 is 2.15 bits per heavy atom. The largest absolute Gasteiger partial charge is 0.477 e. The maximum absolute atomic E-state index is 12.2. The molecule has 1 aliphatic rings. The lowest BCUT2D eigenvalue weighted by atomic mass is 9.75. The minimum Gasteiger partial charge on any atom is -0.477 e. The Hall–Kier alpha value is -1.89. The summed E-state index contributed by atoms with van der Waals surface area (Å²) in [5.41, 5.74) is -1.53. The predicted molar refractivity (Wildman–Crippen MR) is 70.3 cm³/mol. The molecule has 0 bridgehead atoms. The van der Waals surface area contributed by atoms with Crippen LogP contribution in [0.1, 0.15) is 49.4 Å². The molecular formula is C13H19N3O4. The number of amides is 1. The molecule has 0 unspecified atom stereocenters. The van der Waals surface area contributed by atoms with Gasteiger partial charge >= 0.3 is 5.97 Å². The Morgan fingerprint density at radius 1 is 1.50 bits per heavy atom. The molecule has 7 heteroatoms. The lowest BCUT2D eigenvalue weighted by molar-refractivity contribution is -0.143. The molecule has 0 aromatic carbocycles. The Bertz CT molecular complexity index is 531. The first-order valence-electron chi connectivity index (χ1n) is 6.47. The van der Waals surface area contributed by atoms with Crippen LogP contribution in [0.15, 0.2) is 6.20 Å². The lowest BCUT2D eigenvalue weighted by Crippen LogP contribution is -2.57. The minimum atomic E-state index is -1.07. The van der Waals surface area contributed by atoms with Gasteiger partial charge in [0, 0.05) is 7.11 Å². The van der Waals surface area contributed by atoms with E-state index in [4.69, 9.17) is 9.84 Å². The number of methoxy groups -OCH3 is 1. The van der Waals surface area contributed by atoms with Crippen LogP contribution in [0.3, 0.4) is 0 Å². The number of H-pyrrole nitrogens is 1. The SMILES string of the molecule is COC(C)(C)C(=O)NC1(c2ncc(C(=O)O)[nH]2)CCC1. The molecule has 3 N–H and O–H groups in total. The number of hydrogen-bond donors (Lipinski definition) is 3. The maximum Gasteiger partial charge on any atom is 0.353 e. The highest BCUT2D eigenvalue weighted by Gasteiger charge is 2.45. The van der Waals surface area contributed by atoms with Gasteiger partial charge in [-0.2, -0.15) is 0 Å². The molecule has 1 heterocycles. The number of carboxylic acids is 1. The van der Waals surface area contributed by atoms with Crippen molar-refractivity contribution in [2.24, 2.45) is 0 Å². The number of carbonyl (C=O) groups excluding carboxylic acids is 1.